The van der Waals surface area contributed by atoms with Crippen molar-refractivity contribution in [1.82, 2.24) is 9.71 Å². The lowest BCUT2D eigenvalue weighted by Crippen LogP contribution is -2.35. The summed E-state index contributed by atoms with van der Waals surface area (Å²) < 4.78 is 53.6. The van der Waals surface area contributed by atoms with Gasteiger partial charge in [0.1, 0.15) is 4.21 Å². The van der Waals surface area contributed by atoms with E-state index in [4.69, 9.17) is 4.78 Å². The summed E-state index contributed by atoms with van der Waals surface area (Å²) in [6.45, 7) is 0. The van der Waals surface area contributed by atoms with Gasteiger partial charge < -0.3 is 0 Å². The normalized spacial score (nSPS) is 16.8. The van der Waals surface area contributed by atoms with Crippen molar-refractivity contribution < 1.29 is 17.4 Å². The molecule has 1 rings (SSSR count). The maximum atomic E-state index is 11.7. The molecular formula is C4H4F3N3OS2. The summed E-state index contributed by atoms with van der Waals surface area (Å²) in [4.78, 5) is 3.43. The molecule has 13 heavy (non-hydrogen) atoms. The molecule has 9 heteroatoms. The molecule has 0 aliphatic carbocycles. The Morgan fingerprint density at radius 2 is 2.23 bits per heavy atom. The molecule has 74 valence electrons. The van der Waals surface area contributed by atoms with Crippen LogP contribution < -0.4 is 4.72 Å². The highest BCUT2D eigenvalue weighted by atomic mass is 32.2. The summed E-state index contributed by atoms with van der Waals surface area (Å²) in [7, 11) is -3.99. The van der Waals surface area contributed by atoms with Gasteiger partial charge in [-0.2, -0.15) is 13.2 Å². The average molecular weight is 231 g/mol. The van der Waals surface area contributed by atoms with Gasteiger partial charge in [0.05, 0.1) is 11.7 Å². The second kappa shape index (κ2) is 3.24. The summed E-state index contributed by atoms with van der Waals surface area (Å²) in [5.74, 6) is 0. The molecule has 0 bridgehead atoms. The van der Waals surface area contributed by atoms with E-state index in [1.54, 1.807) is 0 Å². The monoisotopic (exact) mass is 231 g/mol. The van der Waals surface area contributed by atoms with E-state index >= 15 is 0 Å². The Hall–Kier alpha value is -0.670. The molecule has 4 nitrogen and oxygen atoms in total. The fourth-order valence-corrected chi connectivity index (χ4v) is 2.34. The van der Waals surface area contributed by atoms with Crippen LogP contribution in [0, 0.1) is 4.78 Å². The molecule has 1 aromatic rings. The SMILES string of the molecule is N=S(=O)(NC(F)(F)F)c1cncs1. The minimum atomic E-state index is -4.83. The van der Waals surface area contributed by atoms with Crippen molar-refractivity contribution >= 4 is 21.3 Å². The van der Waals surface area contributed by atoms with Crippen LogP contribution in [0.15, 0.2) is 15.9 Å². The van der Waals surface area contributed by atoms with E-state index in [0.717, 1.165) is 22.3 Å². The summed E-state index contributed by atoms with van der Waals surface area (Å²) in [5, 5.41) is 0. The second-order valence-corrected chi connectivity index (χ2v) is 4.88. The molecule has 0 spiro atoms. The number of nitrogens with one attached hydrogen (secondary N) is 2. The van der Waals surface area contributed by atoms with Crippen molar-refractivity contribution in [2.75, 3.05) is 0 Å². The molecule has 0 aliphatic heterocycles. The minimum Gasteiger partial charge on any atom is -0.252 e. The van der Waals surface area contributed by atoms with Crippen LogP contribution in [-0.4, -0.2) is 15.5 Å². The lowest BCUT2D eigenvalue weighted by molar-refractivity contribution is -0.137. The van der Waals surface area contributed by atoms with Gasteiger partial charge in [0.2, 0.25) is 0 Å². The van der Waals surface area contributed by atoms with E-state index in [9.17, 15) is 17.4 Å². The van der Waals surface area contributed by atoms with Gasteiger partial charge in [-0.15, -0.1) is 16.1 Å². The molecule has 1 atom stereocenters. The number of hydrogen-bond donors (Lipinski definition) is 2. The number of rotatable bonds is 2. The maximum Gasteiger partial charge on any atom is 0.469 e. The van der Waals surface area contributed by atoms with Crippen molar-refractivity contribution in [1.29, 1.82) is 4.78 Å². The van der Waals surface area contributed by atoms with Crippen molar-refractivity contribution in [3.8, 4) is 0 Å². The highest BCUT2D eigenvalue weighted by Crippen LogP contribution is 2.19. The predicted molar refractivity (Wildman–Crippen MR) is 40.4 cm³/mol. The van der Waals surface area contributed by atoms with Crippen LogP contribution >= 0.6 is 11.3 Å². The van der Waals surface area contributed by atoms with Crippen LogP contribution in [0.2, 0.25) is 0 Å². The molecule has 0 saturated carbocycles. The largest absolute Gasteiger partial charge is 0.469 e. The van der Waals surface area contributed by atoms with E-state index < -0.39 is 16.2 Å². The van der Waals surface area contributed by atoms with Gasteiger partial charge in [0.15, 0.2) is 9.92 Å². The van der Waals surface area contributed by atoms with Crippen molar-refractivity contribution in [3.63, 3.8) is 0 Å². The summed E-state index contributed by atoms with van der Waals surface area (Å²) in [6.07, 6.45) is -3.86. The number of alkyl halides is 3. The predicted octanol–water partition coefficient (Wildman–Crippen LogP) is 1.57. The molecule has 0 amide bonds. The standard InChI is InChI=1S/C4H4F3N3OS2/c5-4(6,7)10-13(8,11)3-1-9-2-12-3/h1-2H,(H2,8,10,11). The number of halogens is 3. The first-order valence-corrected chi connectivity index (χ1v) is 5.28. The molecule has 0 saturated heterocycles. The quantitative estimate of drug-likeness (QED) is 0.759. The summed E-state index contributed by atoms with van der Waals surface area (Å²) in [6, 6.07) is 0. The Kier molecular flexibility index (Phi) is 2.59. The van der Waals surface area contributed by atoms with Crippen LogP contribution in [0.5, 0.6) is 0 Å². The van der Waals surface area contributed by atoms with Crippen molar-refractivity contribution in [3.05, 3.63) is 11.7 Å². The Morgan fingerprint density at radius 3 is 2.62 bits per heavy atom. The summed E-state index contributed by atoms with van der Waals surface area (Å²) >= 11 is 0.734. The molecule has 1 aromatic heterocycles. The van der Waals surface area contributed by atoms with Crippen LogP contribution in [0.25, 0.3) is 0 Å². The van der Waals surface area contributed by atoms with Gasteiger partial charge in [-0.1, -0.05) is 0 Å². The Balaban J connectivity index is 2.93. The third-order valence-electron chi connectivity index (χ3n) is 0.952. The van der Waals surface area contributed by atoms with Gasteiger partial charge >= 0.3 is 6.30 Å². The number of aromatic nitrogens is 1. The van der Waals surface area contributed by atoms with Gasteiger partial charge in [-0.05, 0) is 0 Å². The summed E-state index contributed by atoms with van der Waals surface area (Å²) in [5.41, 5.74) is 1.21. The Morgan fingerprint density at radius 1 is 1.62 bits per heavy atom. The van der Waals surface area contributed by atoms with E-state index in [0.29, 0.717) is 0 Å². The zero-order chi connectivity index (χ0) is 10.1. The molecule has 0 aliphatic rings. The molecule has 0 fully saturated rings. The van der Waals surface area contributed by atoms with Crippen molar-refractivity contribution in [2.45, 2.75) is 10.5 Å². The van der Waals surface area contributed by atoms with E-state index in [1.807, 2.05) is 0 Å². The third kappa shape index (κ3) is 2.94. The average Bonchev–Trinajstić information content (AvgIpc) is 2.29. The molecule has 2 N–H and O–H groups in total. The smallest absolute Gasteiger partial charge is 0.252 e. The van der Waals surface area contributed by atoms with Crippen LogP contribution in [0.4, 0.5) is 13.2 Å². The van der Waals surface area contributed by atoms with E-state index in [2.05, 4.69) is 4.98 Å². The first kappa shape index (κ1) is 10.4. The fourth-order valence-electron chi connectivity index (χ4n) is 0.559. The van der Waals surface area contributed by atoms with Gasteiger partial charge in [-0.3, -0.25) is 4.98 Å². The van der Waals surface area contributed by atoms with Gasteiger partial charge in [-0.25, -0.2) is 8.99 Å². The Bertz CT molecular complexity index is 368. The highest BCUT2D eigenvalue weighted by Gasteiger charge is 2.33. The number of thiazole rings is 1. The molecule has 0 aromatic carbocycles. The molecular weight excluding hydrogens is 227 g/mol. The fraction of sp³-hybridized carbons (Fsp3) is 0.250. The zero-order valence-corrected chi connectivity index (χ0v) is 7.59. The Labute approximate surface area is 75.9 Å². The maximum absolute atomic E-state index is 11.7. The zero-order valence-electron chi connectivity index (χ0n) is 5.96. The van der Waals surface area contributed by atoms with Crippen LogP contribution in [0.1, 0.15) is 0 Å². The number of nitrogens with zero attached hydrogens (tertiary/aromatic N) is 1. The minimum absolute atomic E-state index is 0.246. The topological polar surface area (TPSA) is 65.8 Å². The second-order valence-electron chi connectivity index (χ2n) is 1.98. The van der Waals surface area contributed by atoms with Gasteiger partial charge in [0.25, 0.3) is 0 Å². The number of hydrogen-bond acceptors (Lipinski definition) is 4. The van der Waals surface area contributed by atoms with E-state index in [-0.39, 0.29) is 4.21 Å². The lowest BCUT2D eigenvalue weighted by atomic mass is 11.0. The van der Waals surface area contributed by atoms with Crippen LogP contribution in [0.3, 0.4) is 0 Å². The van der Waals surface area contributed by atoms with Gasteiger partial charge in [0, 0.05) is 0 Å². The molecule has 1 heterocycles. The van der Waals surface area contributed by atoms with Crippen LogP contribution in [-0.2, 0) is 9.92 Å². The van der Waals surface area contributed by atoms with E-state index in [1.165, 1.54) is 5.51 Å². The highest BCUT2D eigenvalue weighted by molar-refractivity contribution is 7.92. The first-order chi connectivity index (χ1) is 5.81. The molecule has 0 radical (unpaired) electrons. The third-order valence-corrected chi connectivity index (χ3v) is 3.70. The lowest BCUT2D eigenvalue weighted by Gasteiger charge is -2.09. The molecule has 1 unspecified atom stereocenters. The first-order valence-electron chi connectivity index (χ1n) is 2.84. The van der Waals surface area contributed by atoms with Crippen molar-refractivity contribution in [2.24, 2.45) is 0 Å².